The molecule has 1 unspecified atom stereocenters. The van der Waals surface area contributed by atoms with Crippen molar-refractivity contribution in [1.82, 2.24) is 10.3 Å². The molecule has 0 saturated carbocycles. The van der Waals surface area contributed by atoms with Gasteiger partial charge in [-0.1, -0.05) is 65.4 Å². The first-order valence-corrected chi connectivity index (χ1v) is 11.5. The van der Waals surface area contributed by atoms with Gasteiger partial charge in [0.1, 0.15) is 0 Å². The van der Waals surface area contributed by atoms with Crippen molar-refractivity contribution in [2.45, 2.75) is 84.5 Å². The van der Waals surface area contributed by atoms with Gasteiger partial charge in [0.05, 0.1) is 15.2 Å². The Balaban J connectivity index is 1.82. The van der Waals surface area contributed by atoms with E-state index in [0.29, 0.717) is 5.92 Å². The first-order valence-electron chi connectivity index (χ1n) is 10.7. The lowest BCUT2D eigenvalue weighted by molar-refractivity contribution is 0.409. The van der Waals surface area contributed by atoms with E-state index in [4.69, 9.17) is 4.98 Å². The SMILES string of the molecule is CCCCCCCCC(CCc1nc2ccc(C(C)C)cc2s1)CNC. The molecule has 2 rings (SSSR count). The summed E-state index contributed by atoms with van der Waals surface area (Å²) in [4.78, 5) is 4.87. The second-order valence-electron chi connectivity index (χ2n) is 8.01. The van der Waals surface area contributed by atoms with Crippen LogP contribution in [-0.4, -0.2) is 18.6 Å². The van der Waals surface area contributed by atoms with Crippen molar-refractivity contribution in [3.05, 3.63) is 28.8 Å². The Bertz CT molecular complexity index is 632. The van der Waals surface area contributed by atoms with Crippen LogP contribution in [0, 0.1) is 5.92 Å². The van der Waals surface area contributed by atoms with Gasteiger partial charge in [0, 0.05) is 0 Å². The molecule has 0 amide bonds. The number of hydrogen-bond donors (Lipinski definition) is 1. The Hall–Kier alpha value is -0.930. The topological polar surface area (TPSA) is 24.9 Å². The second kappa shape index (κ2) is 11.7. The van der Waals surface area contributed by atoms with Gasteiger partial charge in [-0.3, -0.25) is 0 Å². The highest BCUT2D eigenvalue weighted by Crippen LogP contribution is 2.28. The highest BCUT2D eigenvalue weighted by Gasteiger charge is 2.11. The summed E-state index contributed by atoms with van der Waals surface area (Å²) in [6.45, 7) is 7.94. The number of nitrogens with one attached hydrogen (secondary N) is 1. The Morgan fingerprint density at radius 1 is 1.04 bits per heavy atom. The van der Waals surface area contributed by atoms with E-state index in [1.807, 2.05) is 11.3 Å². The van der Waals surface area contributed by atoms with Gasteiger partial charge < -0.3 is 5.32 Å². The Labute approximate surface area is 164 Å². The lowest BCUT2D eigenvalue weighted by Gasteiger charge is -2.15. The quantitative estimate of drug-likeness (QED) is 0.384. The van der Waals surface area contributed by atoms with E-state index in [2.05, 4.69) is 51.3 Å². The molecule has 0 bridgehead atoms. The molecule has 0 spiro atoms. The number of rotatable bonds is 13. The van der Waals surface area contributed by atoms with Gasteiger partial charge in [-0.05, 0) is 62.4 Å². The fourth-order valence-corrected chi connectivity index (χ4v) is 4.66. The van der Waals surface area contributed by atoms with Crippen molar-refractivity contribution >= 4 is 21.6 Å². The number of fused-ring (bicyclic) bond motifs is 1. The smallest absolute Gasteiger partial charge is 0.0938 e. The lowest BCUT2D eigenvalue weighted by atomic mass is 9.95. The zero-order valence-corrected chi connectivity index (χ0v) is 18.1. The molecule has 2 aromatic rings. The molecule has 3 heteroatoms. The van der Waals surface area contributed by atoms with Gasteiger partial charge in [0.25, 0.3) is 0 Å². The summed E-state index contributed by atoms with van der Waals surface area (Å²) in [5.41, 5.74) is 2.60. The first-order chi connectivity index (χ1) is 12.6. The maximum Gasteiger partial charge on any atom is 0.0938 e. The molecular weight excluding hydrogens is 336 g/mol. The minimum atomic E-state index is 0.585. The van der Waals surface area contributed by atoms with Gasteiger partial charge in [-0.2, -0.15) is 0 Å². The van der Waals surface area contributed by atoms with E-state index >= 15 is 0 Å². The Morgan fingerprint density at radius 2 is 1.81 bits per heavy atom. The predicted molar refractivity (Wildman–Crippen MR) is 117 cm³/mol. The molecule has 0 aliphatic heterocycles. The van der Waals surface area contributed by atoms with Crippen molar-refractivity contribution in [2.75, 3.05) is 13.6 Å². The molecule has 0 aliphatic carbocycles. The molecule has 2 nitrogen and oxygen atoms in total. The third-order valence-corrected chi connectivity index (χ3v) is 6.43. The maximum atomic E-state index is 4.87. The molecule has 1 aromatic heterocycles. The van der Waals surface area contributed by atoms with Crippen LogP contribution >= 0.6 is 11.3 Å². The van der Waals surface area contributed by atoms with Gasteiger partial charge >= 0.3 is 0 Å². The molecule has 0 fully saturated rings. The molecule has 146 valence electrons. The average Bonchev–Trinajstić information content (AvgIpc) is 3.04. The average molecular weight is 375 g/mol. The van der Waals surface area contributed by atoms with Crippen molar-refractivity contribution in [3.63, 3.8) is 0 Å². The molecule has 26 heavy (non-hydrogen) atoms. The fourth-order valence-electron chi connectivity index (χ4n) is 3.63. The summed E-state index contributed by atoms with van der Waals surface area (Å²) >= 11 is 1.89. The number of aromatic nitrogens is 1. The van der Waals surface area contributed by atoms with E-state index in [0.717, 1.165) is 18.9 Å². The molecule has 0 saturated heterocycles. The predicted octanol–water partition coefficient (Wildman–Crippen LogP) is 6.94. The molecule has 0 radical (unpaired) electrons. The highest BCUT2D eigenvalue weighted by molar-refractivity contribution is 7.18. The van der Waals surface area contributed by atoms with Gasteiger partial charge in [-0.25, -0.2) is 4.98 Å². The summed E-state index contributed by atoms with van der Waals surface area (Å²) in [7, 11) is 2.08. The Kier molecular flexibility index (Phi) is 9.63. The van der Waals surface area contributed by atoms with Gasteiger partial charge in [0.2, 0.25) is 0 Å². The summed E-state index contributed by atoms with van der Waals surface area (Å²) in [6, 6.07) is 6.77. The van der Waals surface area contributed by atoms with Crippen molar-refractivity contribution in [3.8, 4) is 0 Å². The van der Waals surface area contributed by atoms with Gasteiger partial charge in [0.15, 0.2) is 0 Å². The van der Waals surface area contributed by atoms with Gasteiger partial charge in [-0.15, -0.1) is 11.3 Å². The zero-order valence-electron chi connectivity index (χ0n) is 17.3. The Morgan fingerprint density at radius 3 is 2.54 bits per heavy atom. The first kappa shape index (κ1) is 21.4. The summed E-state index contributed by atoms with van der Waals surface area (Å²) in [5, 5.41) is 4.70. The molecule has 1 atom stereocenters. The third kappa shape index (κ3) is 7.00. The molecule has 1 aromatic carbocycles. The minimum Gasteiger partial charge on any atom is -0.319 e. The summed E-state index contributed by atoms with van der Waals surface area (Å²) < 4.78 is 1.35. The number of unbranched alkanes of at least 4 members (excludes halogenated alkanes) is 5. The van der Waals surface area contributed by atoms with Crippen molar-refractivity contribution < 1.29 is 0 Å². The van der Waals surface area contributed by atoms with E-state index in [1.54, 1.807) is 0 Å². The number of benzene rings is 1. The normalized spacial score (nSPS) is 13.0. The molecule has 1 N–H and O–H groups in total. The number of hydrogen-bond acceptors (Lipinski definition) is 3. The van der Waals surface area contributed by atoms with E-state index in [9.17, 15) is 0 Å². The van der Waals surface area contributed by atoms with Crippen LogP contribution in [0.4, 0.5) is 0 Å². The van der Waals surface area contributed by atoms with Crippen LogP contribution in [0.15, 0.2) is 18.2 Å². The molecular formula is C23H38N2S. The van der Waals surface area contributed by atoms with Crippen LogP contribution in [0.25, 0.3) is 10.2 Å². The standard InChI is InChI=1S/C23H38N2S/c1-5-6-7-8-9-10-11-19(17-24-4)12-15-23-25-21-14-13-20(18(2)3)16-22(21)26-23/h13-14,16,18-19,24H,5-12,15,17H2,1-4H3. The minimum absolute atomic E-state index is 0.585. The van der Waals surface area contributed by atoms with Crippen molar-refractivity contribution in [1.29, 1.82) is 0 Å². The summed E-state index contributed by atoms with van der Waals surface area (Å²) in [5.74, 6) is 1.37. The van der Waals surface area contributed by atoms with Crippen LogP contribution in [0.1, 0.15) is 88.6 Å². The number of thiazole rings is 1. The van der Waals surface area contributed by atoms with Crippen LogP contribution in [0.3, 0.4) is 0 Å². The number of aryl methyl sites for hydroxylation is 1. The molecule has 0 aliphatic rings. The third-order valence-electron chi connectivity index (χ3n) is 5.35. The second-order valence-corrected chi connectivity index (χ2v) is 9.12. The van der Waals surface area contributed by atoms with E-state index < -0.39 is 0 Å². The zero-order chi connectivity index (χ0) is 18.8. The van der Waals surface area contributed by atoms with E-state index in [1.165, 1.54) is 72.2 Å². The maximum absolute atomic E-state index is 4.87. The molecule has 1 heterocycles. The summed E-state index contributed by atoms with van der Waals surface area (Å²) in [6.07, 6.45) is 12.1. The lowest BCUT2D eigenvalue weighted by Crippen LogP contribution is -2.19. The van der Waals surface area contributed by atoms with Crippen LogP contribution < -0.4 is 5.32 Å². The monoisotopic (exact) mass is 374 g/mol. The highest BCUT2D eigenvalue weighted by atomic mass is 32.1. The van der Waals surface area contributed by atoms with E-state index in [-0.39, 0.29) is 0 Å². The van der Waals surface area contributed by atoms with Crippen molar-refractivity contribution in [2.24, 2.45) is 5.92 Å². The van der Waals surface area contributed by atoms with Crippen LogP contribution in [0.2, 0.25) is 0 Å². The van der Waals surface area contributed by atoms with Crippen LogP contribution in [-0.2, 0) is 6.42 Å². The van der Waals surface area contributed by atoms with Crippen LogP contribution in [0.5, 0.6) is 0 Å². The largest absolute Gasteiger partial charge is 0.319 e. The number of nitrogens with zero attached hydrogens (tertiary/aromatic N) is 1. The fraction of sp³-hybridized carbons (Fsp3) is 0.696.